The first-order valence-corrected chi connectivity index (χ1v) is 7.97. The summed E-state index contributed by atoms with van der Waals surface area (Å²) >= 11 is 0. The van der Waals surface area contributed by atoms with E-state index in [0.29, 0.717) is 5.69 Å². The minimum atomic E-state index is -0.740. The van der Waals surface area contributed by atoms with Crippen LogP contribution in [-0.2, 0) is 13.1 Å². The minimum absolute atomic E-state index is 0.0506. The average Bonchev–Trinajstić information content (AvgIpc) is 3.14. The predicted octanol–water partition coefficient (Wildman–Crippen LogP) is 1.94. The summed E-state index contributed by atoms with van der Waals surface area (Å²) in [6.45, 7) is 0.0672. The highest BCUT2D eigenvalue weighted by atomic mass is 19.1. The molecule has 2 aromatic heterocycles. The van der Waals surface area contributed by atoms with Crippen molar-refractivity contribution in [2.75, 3.05) is 0 Å². The third kappa shape index (κ3) is 4.72. The first kappa shape index (κ1) is 18.2. The van der Waals surface area contributed by atoms with Crippen LogP contribution in [0.3, 0.4) is 0 Å². The number of nitrogens with one attached hydrogen (secondary N) is 3. The maximum atomic E-state index is 13.2. The molecule has 0 atom stereocenters. The maximum absolute atomic E-state index is 13.2. The molecule has 138 valence electrons. The number of nitrogens with zero attached hydrogens (tertiary/aromatic N) is 2. The standard InChI is InChI=1S/C18H15F2N5O2/c19-12-5-11(6-13(20)7-12)8-22-17(26)15-16(25-10-24-15)18(27)23-9-14-3-1-2-4-21-14/h1-7,10H,8-9H2,(H,22,26)(H,23,27)(H,24,25). The molecule has 0 saturated carbocycles. The van der Waals surface area contributed by atoms with Gasteiger partial charge in [-0.15, -0.1) is 0 Å². The van der Waals surface area contributed by atoms with E-state index in [0.717, 1.165) is 18.2 Å². The van der Waals surface area contributed by atoms with Gasteiger partial charge in [0, 0.05) is 18.8 Å². The van der Waals surface area contributed by atoms with E-state index in [9.17, 15) is 18.4 Å². The maximum Gasteiger partial charge on any atom is 0.272 e. The van der Waals surface area contributed by atoms with Crippen LogP contribution in [-0.4, -0.2) is 26.8 Å². The van der Waals surface area contributed by atoms with Crippen LogP contribution in [0.1, 0.15) is 32.2 Å². The highest BCUT2D eigenvalue weighted by molar-refractivity contribution is 6.04. The molecule has 3 N–H and O–H groups in total. The van der Waals surface area contributed by atoms with Crippen molar-refractivity contribution in [1.82, 2.24) is 25.6 Å². The number of hydrogen-bond donors (Lipinski definition) is 3. The summed E-state index contributed by atoms with van der Waals surface area (Å²) < 4.78 is 26.4. The van der Waals surface area contributed by atoms with E-state index >= 15 is 0 Å². The van der Waals surface area contributed by atoms with Gasteiger partial charge in [-0.1, -0.05) is 6.07 Å². The second-order valence-corrected chi connectivity index (χ2v) is 5.59. The van der Waals surface area contributed by atoms with E-state index in [1.165, 1.54) is 6.33 Å². The lowest BCUT2D eigenvalue weighted by Crippen LogP contribution is -2.29. The van der Waals surface area contributed by atoms with Crippen LogP contribution in [0, 0.1) is 11.6 Å². The normalized spacial score (nSPS) is 10.4. The Morgan fingerprint density at radius 1 is 0.963 bits per heavy atom. The lowest BCUT2D eigenvalue weighted by Gasteiger charge is -2.07. The molecule has 0 aliphatic carbocycles. The fourth-order valence-corrected chi connectivity index (χ4v) is 2.38. The zero-order chi connectivity index (χ0) is 19.2. The van der Waals surface area contributed by atoms with Crippen molar-refractivity contribution in [3.63, 3.8) is 0 Å². The summed E-state index contributed by atoms with van der Waals surface area (Å²) in [7, 11) is 0. The Hall–Kier alpha value is -3.62. The van der Waals surface area contributed by atoms with E-state index in [1.54, 1.807) is 24.4 Å². The van der Waals surface area contributed by atoms with Gasteiger partial charge in [0.15, 0.2) is 5.69 Å². The van der Waals surface area contributed by atoms with Crippen LogP contribution in [0.25, 0.3) is 0 Å². The van der Waals surface area contributed by atoms with Crippen LogP contribution in [0.2, 0.25) is 0 Å². The molecule has 0 bridgehead atoms. The van der Waals surface area contributed by atoms with Gasteiger partial charge in [-0.25, -0.2) is 13.8 Å². The van der Waals surface area contributed by atoms with Crippen LogP contribution in [0.5, 0.6) is 0 Å². The Morgan fingerprint density at radius 3 is 2.41 bits per heavy atom. The van der Waals surface area contributed by atoms with Crippen molar-refractivity contribution in [3.8, 4) is 0 Å². The van der Waals surface area contributed by atoms with Crippen molar-refractivity contribution >= 4 is 11.8 Å². The van der Waals surface area contributed by atoms with Gasteiger partial charge in [-0.2, -0.15) is 0 Å². The van der Waals surface area contributed by atoms with Gasteiger partial charge < -0.3 is 15.6 Å². The van der Waals surface area contributed by atoms with Gasteiger partial charge in [0.25, 0.3) is 11.8 Å². The molecule has 9 heteroatoms. The predicted molar refractivity (Wildman–Crippen MR) is 91.5 cm³/mol. The highest BCUT2D eigenvalue weighted by Gasteiger charge is 2.20. The van der Waals surface area contributed by atoms with E-state index < -0.39 is 23.4 Å². The largest absolute Gasteiger partial charge is 0.347 e. The molecule has 0 aliphatic rings. The first-order chi connectivity index (χ1) is 13.0. The zero-order valence-electron chi connectivity index (χ0n) is 14.0. The molecule has 27 heavy (non-hydrogen) atoms. The zero-order valence-corrected chi connectivity index (χ0v) is 14.0. The van der Waals surface area contributed by atoms with Gasteiger partial charge in [0.05, 0.1) is 18.6 Å². The van der Waals surface area contributed by atoms with Crippen molar-refractivity contribution in [3.05, 3.63) is 83.2 Å². The molecule has 0 aliphatic heterocycles. The number of hydrogen-bond acceptors (Lipinski definition) is 4. The molecular weight excluding hydrogens is 356 g/mol. The molecule has 0 spiro atoms. The molecule has 2 amide bonds. The topological polar surface area (TPSA) is 99.8 Å². The summed E-state index contributed by atoms with van der Waals surface area (Å²) in [5, 5.41) is 5.11. The Morgan fingerprint density at radius 2 is 1.70 bits per heavy atom. The summed E-state index contributed by atoms with van der Waals surface area (Å²) in [4.78, 5) is 35.1. The number of halogens is 2. The minimum Gasteiger partial charge on any atom is -0.347 e. The van der Waals surface area contributed by atoms with Crippen molar-refractivity contribution in [2.45, 2.75) is 13.1 Å². The molecule has 0 fully saturated rings. The molecular formula is C18H15F2N5O2. The summed E-state index contributed by atoms with van der Waals surface area (Å²) in [5.74, 6) is -2.66. The lowest BCUT2D eigenvalue weighted by atomic mass is 10.2. The van der Waals surface area contributed by atoms with Crippen molar-refractivity contribution < 1.29 is 18.4 Å². The van der Waals surface area contributed by atoms with Crippen LogP contribution in [0.4, 0.5) is 8.78 Å². The van der Waals surface area contributed by atoms with Gasteiger partial charge in [-0.05, 0) is 29.8 Å². The monoisotopic (exact) mass is 371 g/mol. The highest BCUT2D eigenvalue weighted by Crippen LogP contribution is 2.09. The second-order valence-electron chi connectivity index (χ2n) is 5.59. The molecule has 0 saturated heterocycles. The van der Waals surface area contributed by atoms with Gasteiger partial charge in [0.1, 0.15) is 17.3 Å². The quantitative estimate of drug-likeness (QED) is 0.617. The fraction of sp³-hybridized carbons (Fsp3) is 0.111. The number of rotatable bonds is 6. The van der Waals surface area contributed by atoms with Crippen molar-refractivity contribution in [2.24, 2.45) is 0 Å². The number of aromatic nitrogens is 3. The molecule has 1 aromatic carbocycles. The average molecular weight is 371 g/mol. The number of imidazole rings is 1. The second kappa shape index (κ2) is 8.17. The van der Waals surface area contributed by atoms with E-state index in [-0.39, 0.29) is 30.0 Å². The molecule has 2 heterocycles. The Labute approximate surface area is 152 Å². The van der Waals surface area contributed by atoms with Crippen LogP contribution >= 0.6 is 0 Å². The Bertz CT molecular complexity index is 939. The molecule has 0 unspecified atom stereocenters. The number of pyridine rings is 1. The third-order valence-electron chi connectivity index (χ3n) is 3.61. The van der Waals surface area contributed by atoms with Gasteiger partial charge >= 0.3 is 0 Å². The number of amides is 2. The van der Waals surface area contributed by atoms with Crippen LogP contribution < -0.4 is 10.6 Å². The molecule has 3 rings (SSSR count). The Balaban J connectivity index is 1.63. The summed E-state index contributed by atoms with van der Waals surface area (Å²) in [5.41, 5.74) is 0.765. The van der Waals surface area contributed by atoms with Gasteiger partial charge in [-0.3, -0.25) is 14.6 Å². The number of carbonyl (C=O) groups is 2. The fourth-order valence-electron chi connectivity index (χ4n) is 2.38. The Kier molecular flexibility index (Phi) is 5.50. The van der Waals surface area contributed by atoms with Gasteiger partial charge in [0.2, 0.25) is 0 Å². The number of benzene rings is 1. The first-order valence-electron chi connectivity index (χ1n) is 7.97. The third-order valence-corrected chi connectivity index (χ3v) is 3.61. The summed E-state index contributed by atoms with van der Waals surface area (Å²) in [6.07, 6.45) is 2.82. The SMILES string of the molecule is O=C(NCc1ccccn1)c1nc[nH]c1C(=O)NCc1cc(F)cc(F)c1. The number of carbonyl (C=O) groups excluding carboxylic acids is 2. The number of aromatic amines is 1. The van der Waals surface area contributed by atoms with Crippen molar-refractivity contribution in [1.29, 1.82) is 0 Å². The van der Waals surface area contributed by atoms with E-state index in [2.05, 4.69) is 25.6 Å². The lowest BCUT2D eigenvalue weighted by molar-refractivity contribution is 0.0911. The van der Waals surface area contributed by atoms with E-state index in [4.69, 9.17) is 0 Å². The van der Waals surface area contributed by atoms with E-state index in [1.807, 2.05) is 0 Å². The smallest absolute Gasteiger partial charge is 0.272 e. The molecule has 3 aromatic rings. The van der Waals surface area contributed by atoms with Crippen LogP contribution in [0.15, 0.2) is 48.9 Å². The molecule has 7 nitrogen and oxygen atoms in total. The molecule has 0 radical (unpaired) electrons. The summed E-state index contributed by atoms with van der Waals surface area (Å²) in [6, 6.07) is 8.25. The number of H-pyrrole nitrogens is 1.